The molecule has 11 heteroatoms. The minimum Gasteiger partial charge on any atom is -0.493 e. The van der Waals surface area contributed by atoms with Crippen LogP contribution in [0.5, 0.6) is 11.5 Å². The molecule has 7 nitrogen and oxygen atoms in total. The van der Waals surface area contributed by atoms with Gasteiger partial charge in [-0.05, 0) is 30.6 Å². The van der Waals surface area contributed by atoms with Crippen molar-refractivity contribution in [2.45, 2.75) is 29.3 Å². The second-order valence-electron chi connectivity index (χ2n) is 7.09. The zero-order valence-electron chi connectivity index (χ0n) is 17.5. The highest BCUT2D eigenvalue weighted by Crippen LogP contribution is 2.44. The third-order valence-electron chi connectivity index (χ3n) is 5.17. The van der Waals surface area contributed by atoms with Gasteiger partial charge in [0.05, 0.1) is 25.5 Å². The number of aliphatic hydroxyl groups is 1. The van der Waals surface area contributed by atoms with E-state index in [-0.39, 0.29) is 12.1 Å². The second-order valence-corrected chi connectivity index (χ2v) is 9.23. The monoisotopic (exact) mass is 478 g/mol. The molecule has 0 amide bonds. The summed E-state index contributed by atoms with van der Waals surface area (Å²) in [6.07, 6.45) is 2.76. The number of rotatable bonds is 8. The normalized spacial score (nSPS) is 14.3. The molecule has 0 saturated carbocycles. The molecule has 0 bridgehead atoms. The second kappa shape index (κ2) is 9.00. The summed E-state index contributed by atoms with van der Waals surface area (Å²) in [6, 6.07) is 6.79. The molecule has 0 spiro atoms. The average Bonchev–Trinajstić information content (AvgIpc) is 3.42. The lowest BCUT2D eigenvalue weighted by Gasteiger charge is -2.34. The predicted octanol–water partition coefficient (Wildman–Crippen LogP) is 4.25. The third kappa shape index (κ3) is 4.15. The number of fused-ring (bicyclic) bond motifs is 1. The standard InChI is InChI=1S/C21H20F2N4O3S2/c1-12(31-20-14-7-17(29-2)18(30-3)8-19(14)32-26-20)21(28,9-27-11-24-10-25-27)15-5-4-13(22)6-16(15)23/h4-8,10-12,28H,9H2,1-3H3/t12-,21-/m1/s1. The van der Waals surface area contributed by atoms with Crippen molar-refractivity contribution in [2.24, 2.45) is 0 Å². The van der Waals surface area contributed by atoms with E-state index in [0.29, 0.717) is 16.5 Å². The van der Waals surface area contributed by atoms with Gasteiger partial charge in [0.15, 0.2) is 11.5 Å². The molecule has 2 heterocycles. The lowest BCUT2D eigenvalue weighted by molar-refractivity contribution is 0.0133. The van der Waals surface area contributed by atoms with Crippen LogP contribution in [0, 0.1) is 11.6 Å². The summed E-state index contributed by atoms with van der Waals surface area (Å²) in [4.78, 5) is 3.89. The molecule has 0 fully saturated rings. The maximum atomic E-state index is 14.8. The van der Waals surface area contributed by atoms with Crippen LogP contribution in [0.2, 0.25) is 0 Å². The predicted molar refractivity (Wildman–Crippen MR) is 118 cm³/mol. The van der Waals surface area contributed by atoms with Gasteiger partial charge in [-0.1, -0.05) is 17.8 Å². The van der Waals surface area contributed by atoms with Crippen molar-refractivity contribution in [2.75, 3.05) is 14.2 Å². The number of thioether (sulfide) groups is 1. The van der Waals surface area contributed by atoms with Gasteiger partial charge in [-0.3, -0.25) is 0 Å². The lowest BCUT2D eigenvalue weighted by Crippen LogP contribution is -2.41. The van der Waals surface area contributed by atoms with Crippen LogP contribution in [-0.2, 0) is 12.1 Å². The molecule has 0 saturated heterocycles. The van der Waals surface area contributed by atoms with Crippen molar-refractivity contribution >= 4 is 33.4 Å². The van der Waals surface area contributed by atoms with E-state index in [1.54, 1.807) is 21.1 Å². The van der Waals surface area contributed by atoms with Crippen LogP contribution >= 0.6 is 23.3 Å². The highest BCUT2D eigenvalue weighted by atomic mass is 32.2. The van der Waals surface area contributed by atoms with E-state index in [1.165, 1.54) is 46.7 Å². The first kappa shape index (κ1) is 22.4. The Balaban J connectivity index is 1.74. The van der Waals surface area contributed by atoms with Gasteiger partial charge in [0.25, 0.3) is 0 Å². The smallest absolute Gasteiger partial charge is 0.162 e. The third-order valence-corrected chi connectivity index (χ3v) is 7.37. The van der Waals surface area contributed by atoms with Crippen LogP contribution in [0.3, 0.4) is 0 Å². The minimum absolute atomic E-state index is 0.0341. The highest BCUT2D eigenvalue weighted by Gasteiger charge is 2.40. The largest absolute Gasteiger partial charge is 0.493 e. The van der Waals surface area contributed by atoms with E-state index in [0.717, 1.165) is 22.2 Å². The quantitative estimate of drug-likeness (QED) is 0.379. The maximum Gasteiger partial charge on any atom is 0.162 e. The van der Waals surface area contributed by atoms with Crippen LogP contribution < -0.4 is 9.47 Å². The molecule has 0 aliphatic rings. The molecule has 2 atom stereocenters. The van der Waals surface area contributed by atoms with Crippen LogP contribution in [-0.4, -0.2) is 43.7 Å². The number of aromatic nitrogens is 4. The molecular weight excluding hydrogens is 458 g/mol. The Hall–Kier alpha value is -2.76. The van der Waals surface area contributed by atoms with Gasteiger partial charge in [-0.15, -0.1) is 0 Å². The van der Waals surface area contributed by atoms with Crippen LogP contribution in [0.25, 0.3) is 10.1 Å². The Kier molecular flexibility index (Phi) is 6.31. The Bertz CT molecular complexity index is 1240. The summed E-state index contributed by atoms with van der Waals surface area (Å²) >= 11 is 2.56. The number of ether oxygens (including phenoxy) is 2. The van der Waals surface area contributed by atoms with Crippen LogP contribution in [0.4, 0.5) is 8.78 Å². The fraction of sp³-hybridized carbons (Fsp3) is 0.286. The number of hydrogen-bond donors (Lipinski definition) is 1. The Labute approximate surface area is 191 Å². The fourth-order valence-electron chi connectivity index (χ4n) is 3.43. The molecule has 168 valence electrons. The lowest BCUT2D eigenvalue weighted by atomic mass is 9.90. The van der Waals surface area contributed by atoms with E-state index in [2.05, 4.69) is 14.5 Å². The first-order chi connectivity index (χ1) is 15.4. The number of nitrogens with zero attached hydrogens (tertiary/aromatic N) is 4. The molecule has 0 aliphatic heterocycles. The molecule has 4 aromatic rings. The van der Waals surface area contributed by atoms with Crippen molar-refractivity contribution in [1.29, 1.82) is 0 Å². The zero-order chi connectivity index (χ0) is 22.9. The molecule has 1 N–H and O–H groups in total. The number of benzene rings is 2. The summed E-state index contributed by atoms with van der Waals surface area (Å²) in [5.41, 5.74) is -1.77. The summed E-state index contributed by atoms with van der Waals surface area (Å²) < 4.78 is 45.8. The Morgan fingerprint density at radius 2 is 1.94 bits per heavy atom. The number of hydrogen-bond acceptors (Lipinski definition) is 8. The minimum atomic E-state index is -1.73. The van der Waals surface area contributed by atoms with E-state index in [4.69, 9.17) is 9.47 Å². The van der Waals surface area contributed by atoms with Crippen LogP contribution in [0.1, 0.15) is 12.5 Å². The average molecular weight is 479 g/mol. The first-order valence-corrected chi connectivity index (χ1v) is 11.2. The summed E-state index contributed by atoms with van der Waals surface area (Å²) in [6.45, 7) is 1.68. The first-order valence-electron chi connectivity index (χ1n) is 9.54. The van der Waals surface area contributed by atoms with Crippen molar-refractivity contribution in [3.63, 3.8) is 0 Å². The summed E-state index contributed by atoms with van der Waals surface area (Å²) in [7, 11) is 3.11. The van der Waals surface area contributed by atoms with E-state index in [1.807, 2.05) is 12.1 Å². The van der Waals surface area contributed by atoms with Gasteiger partial charge in [0.2, 0.25) is 0 Å². The molecule has 4 rings (SSSR count). The Morgan fingerprint density at radius 3 is 2.59 bits per heavy atom. The molecular formula is C21H20F2N4O3S2. The van der Waals surface area contributed by atoms with E-state index < -0.39 is 22.5 Å². The van der Waals surface area contributed by atoms with Gasteiger partial charge >= 0.3 is 0 Å². The van der Waals surface area contributed by atoms with Gasteiger partial charge < -0.3 is 14.6 Å². The van der Waals surface area contributed by atoms with E-state index >= 15 is 0 Å². The number of halogens is 2. The SMILES string of the molecule is COc1cc2snc(S[C@H](C)[C@](O)(Cn3cncn3)c3ccc(F)cc3F)c2cc1OC. The maximum absolute atomic E-state index is 14.8. The van der Waals surface area contributed by atoms with E-state index in [9.17, 15) is 13.9 Å². The van der Waals surface area contributed by atoms with Gasteiger partial charge in [-0.2, -0.15) is 9.47 Å². The zero-order valence-corrected chi connectivity index (χ0v) is 19.1. The Morgan fingerprint density at radius 1 is 1.19 bits per heavy atom. The summed E-state index contributed by atoms with van der Waals surface area (Å²) in [5.74, 6) is -0.419. The van der Waals surface area contributed by atoms with Crippen molar-refractivity contribution < 1.29 is 23.4 Å². The molecule has 0 unspecified atom stereocenters. The summed E-state index contributed by atoms with van der Waals surface area (Å²) in [5, 5.41) is 16.6. The fourth-order valence-corrected chi connectivity index (χ4v) is 5.50. The molecule has 0 aliphatic carbocycles. The molecule has 2 aromatic carbocycles. The van der Waals surface area contributed by atoms with Crippen molar-refractivity contribution in [3.05, 3.63) is 60.2 Å². The van der Waals surface area contributed by atoms with Crippen molar-refractivity contribution in [3.8, 4) is 11.5 Å². The van der Waals surface area contributed by atoms with Gasteiger partial charge in [0.1, 0.15) is 34.9 Å². The van der Waals surface area contributed by atoms with Gasteiger partial charge in [-0.25, -0.2) is 18.4 Å². The number of methoxy groups -OCH3 is 2. The van der Waals surface area contributed by atoms with Gasteiger partial charge in [0, 0.05) is 28.3 Å². The highest BCUT2D eigenvalue weighted by molar-refractivity contribution is 8.00. The molecule has 32 heavy (non-hydrogen) atoms. The van der Waals surface area contributed by atoms with Crippen LogP contribution in [0.15, 0.2) is 48.0 Å². The topological polar surface area (TPSA) is 82.3 Å². The molecule has 2 aromatic heterocycles. The molecule has 0 radical (unpaired) electrons. The van der Waals surface area contributed by atoms with Crippen molar-refractivity contribution in [1.82, 2.24) is 19.1 Å².